The first-order valence-electron chi connectivity index (χ1n) is 5.55. The number of nitrogens with zero attached hydrogens (tertiary/aromatic N) is 1. The number of carbonyl (C=O) groups excluding carboxylic acids is 1. The monoisotopic (exact) mass is 220 g/mol. The van der Waals surface area contributed by atoms with Crippen LogP contribution in [0.15, 0.2) is 18.2 Å². The van der Waals surface area contributed by atoms with E-state index < -0.39 is 0 Å². The van der Waals surface area contributed by atoms with Gasteiger partial charge in [0.1, 0.15) is 5.75 Å². The maximum Gasteiger partial charge on any atom is 0.227 e. The lowest BCUT2D eigenvalue weighted by molar-refractivity contribution is -0.117. The Hall–Kier alpha value is -1.71. The van der Waals surface area contributed by atoms with Crippen molar-refractivity contribution in [3.63, 3.8) is 0 Å². The van der Waals surface area contributed by atoms with Gasteiger partial charge < -0.3 is 15.4 Å². The minimum atomic E-state index is 0.145. The van der Waals surface area contributed by atoms with Crippen LogP contribution in [0.25, 0.3) is 0 Å². The normalized spacial score (nSPS) is 15.6. The fourth-order valence-corrected chi connectivity index (χ4v) is 1.93. The fraction of sp³-hybridized carbons (Fsp3) is 0.417. The number of ether oxygens (including phenoxy) is 1. The third-order valence-electron chi connectivity index (χ3n) is 2.65. The lowest BCUT2D eigenvalue weighted by Crippen LogP contribution is -2.24. The summed E-state index contributed by atoms with van der Waals surface area (Å²) in [6, 6.07) is 5.41. The average Bonchev–Trinajstić information content (AvgIpc) is 2.67. The van der Waals surface area contributed by atoms with E-state index in [4.69, 9.17) is 10.5 Å². The van der Waals surface area contributed by atoms with Gasteiger partial charge in [-0.2, -0.15) is 0 Å². The molecule has 1 aliphatic rings. The predicted molar refractivity (Wildman–Crippen MR) is 63.6 cm³/mol. The Kier molecular flexibility index (Phi) is 2.99. The molecule has 86 valence electrons. The van der Waals surface area contributed by atoms with Gasteiger partial charge in [0.25, 0.3) is 0 Å². The van der Waals surface area contributed by atoms with Crippen molar-refractivity contribution in [2.75, 3.05) is 23.8 Å². The van der Waals surface area contributed by atoms with Crippen molar-refractivity contribution in [1.82, 2.24) is 0 Å². The number of amides is 1. The molecule has 0 aromatic heterocycles. The molecule has 2 N–H and O–H groups in total. The van der Waals surface area contributed by atoms with E-state index in [0.717, 1.165) is 24.4 Å². The molecule has 1 saturated heterocycles. The molecule has 4 nitrogen and oxygen atoms in total. The second-order valence-corrected chi connectivity index (χ2v) is 3.81. The summed E-state index contributed by atoms with van der Waals surface area (Å²) in [6.45, 7) is 3.26. The summed E-state index contributed by atoms with van der Waals surface area (Å²) in [5.74, 6) is 0.874. The molecule has 0 unspecified atom stereocenters. The van der Waals surface area contributed by atoms with Crippen molar-refractivity contribution in [3.05, 3.63) is 18.2 Å². The number of hydrogen-bond donors (Lipinski definition) is 1. The largest absolute Gasteiger partial charge is 0.492 e. The van der Waals surface area contributed by atoms with Gasteiger partial charge in [-0.1, -0.05) is 0 Å². The van der Waals surface area contributed by atoms with Gasteiger partial charge in [0.15, 0.2) is 0 Å². The standard InChI is InChI=1S/C12H16N2O2/c1-2-16-11-6-5-9(13)8-10(11)14-7-3-4-12(14)15/h5-6,8H,2-4,7,13H2,1H3. The number of carbonyl (C=O) groups is 1. The van der Waals surface area contributed by atoms with Crippen LogP contribution in [-0.2, 0) is 4.79 Å². The van der Waals surface area contributed by atoms with E-state index in [-0.39, 0.29) is 5.91 Å². The van der Waals surface area contributed by atoms with Crippen molar-refractivity contribution in [3.8, 4) is 5.75 Å². The first-order chi connectivity index (χ1) is 7.72. The van der Waals surface area contributed by atoms with Crippen molar-refractivity contribution in [1.29, 1.82) is 0 Å². The van der Waals surface area contributed by atoms with E-state index >= 15 is 0 Å². The zero-order valence-corrected chi connectivity index (χ0v) is 9.40. The molecule has 1 aromatic rings. The average molecular weight is 220 g/mol. The fourth-order valence-electron chi connectivity index (χ4n) is 1.93. The molecular formula is C12H16N2O2. The summed E-state index contributed by atoms with van der Waals surface area (Å²) in [6.07, 6.45) is 1.51. The van der Waals surface area contributed by atoms with E-state index in [0.29, 0.717) is 18.7 Å². The lowest BCUT2D eigenvalue weighted by Gasteiger charge is -2.19. The van der Waals surface area contributed by atoms with E-state index in [9.17, 15) is 4.79 Å². The Labute approximate surface area is 95.0 Å². The molecule has 0 saturated carbocycles. The first-order valence-corrected chi connectivity index (χ1v) is 5.55. The number of hydrogen-bond acceptors (Lipinski definition) is 3. The third kappa shape index (κ3) is 1.96. The van der Waals surface area contributed by atoms with Crippen LogP contribution in [0, 0.1) is 0 Å². The Morgan fingerprint density at radius 3 is 2.94 bits per heavy atom. The van der Waals surface area contributed by atoms with Crippen LogP contribution in [0.4, 0.5) is 11.4 Å². The van der Waals surface area contributed by atoms with Gasteiger partial charge in [-0.25, -0.2) is 0 Å². The summed E-state index contributed by atoms with van der Waals surface area (Å²) in [5, 5.41) is 0. The highest BCUT2D eigenvalue weighted by Crippen LogP contribution is 2.33. The highest BCUT2D eigenvalue weighted by atomic mass is 16.5. The molecule has 0 radical (unpaired) electrons. The van der Waals surface area contributed by atoms with Gasteiger partial charge in [-0.05, 0) is 31.5 Å². The number of anilines is 2. The maximum absolute atomic E-state index is 11.7. The minimum absolute atomic E-state index is 0.145. The van der Waals surface area contributed by atoms with Crippen LogP contribution < -0.4 is 15.4 Å². The molecule has 16 heavy (non-hydrogen) atoms. The van der Waals surface area contributed by atoms with Crippen LogP contribution in [0.5, 0.6) is 5.75 Å². The van der Waals surface area contributed by atoms with Crippen LogP contribution in [0.3, 0.4) is 0 Å². The van der Waals surface area contributed by atoms with E-state index in [2.05, 4.69) is 0 Å². The Bertz CT molecular complexity index is 404. The van der Waals surface area contributed by atoms with Gasteiger partial charge >= 0.3 is 0 Å². The summed E-state index contributed by atoms with van der Waals surface area (Å²) in [5.41, 5.74) is 7.19. The molecular weight excluding hydrogens is 204 g/mol. The zero-order valence-electron chi connectivity index (χ0n) is 9.40. The molecule has 2 rings (SSSR count). The van der Waals surface area contributed by atoms with Gasteiger partial charge in [0.05, 0.1) is 12.3 Å². The number of nitrogen functional groups attached to an aromatic ring is 1. The second-order valence-electron chi connectivity index (χ2n) is 3.81. The minimum Gasteiger partial charge on any atom is -0.492 e. The summed E-state index contributed by atoms with van der Waals surface area (Å²) >= 11 is 0. The first kappa shape index (κ1) is 10.8. The van der Waals surface area contributed by atoms with Gasteiger partial charge in [0.2, 0.25) is 5.91 Å². The van der Waals surface area contributed by atoms with Crippen LogP contribution in [0.2, 0.25) is 0 Å². The number of rotatable bonds is 3. The summed E-state index contributed by atoms with van der Waals surface area (Å²) < 4.78 is 5.50. The van der Waals surface area contributed by atoms with Gasteiger partial charge in [0, 0.05) is 18.7 Å². The van der Waals surface area contributed by atoms with E-state index in [1.54, 1.807) is 17.0 Å². The molecule has 4 heteroatoms. The van der Waals surface area contributed by atoms with E-state index in [1.807, 2.05) is 13.0 Å². The Morgan fingerprint density at radius 1 is 1.50 bits per heavy atom. The number of benzene rings is 1. The van der Waals surface area contributed by atoms with Crippen molar-refractivity contribution >= 4 is 17.3 Å². The third-order valence-corrected chi connectivity index (χ3v) is 2.65. The summed E-state index contributed by atoms with van der Waals surface area (Å²) in [7, 11) is 0. The molecule has 1 aromatic carbocycles. The molecule has 0 atom stereocenters. The van der Waals surface area contributed by atoms with Crippen LogP contribution in [-0.4, -0.2) is 19.1 Å². The second kappa shape index (κ2) is 4.43. The molecule has 1 amide bonds. The summed E-state index contributed by atoms with van der Waals surface area (Å²) in [4.78, 5) is 13.4. The van der Waals surface area contributed by atoms with Crippen molar-refractivity contribution < 1.29 is 9.53 Å². The van der Waals surface area contributed by atoms with Crippen molar-refractivity contribution in [2.24, 2.45) is 0 Å². The molecule has 0 spiro atoms. The molecule has 0 aliphatic carbocycles. The quantitative estimate of drug-likeness (QED) is 0.790. The van der Waals surface area contributed by atoms with E-state index in [1.165, 1.54) is 0 Å². The smallest absolute Gasteiger partial charge is 0.227 e. The Morgan fingerprint density at radius 2 is 2.31 bits per heavy atom. The highest BCUT2D eigenvalue weighted by molar-refractivity contribution is 5.97. The zero-order chi connectivity index (χ0) is 11.5. The van der Waals surface area contributed by atoms with Crippen LogP contribution in [0.1, 0.15) is 19.8 Å². The van der Waals surface area contributed by atoms with Gasteiger partial charge in [-0.3, -0.25) is 4.79 Å². The van der Waals surface area contributed by atoms with Gasteiger partial charge in [-0.15, -0.1) is 0 Å². The van der Waals surface area contributed by atoms with Crippen LogP contribution >= 0.6 is 0 Å². The predicted octanol–water partition coefficient (Wildman–Crippen LogP) is 1.79. The maximum atomic E-state index is 11.7. The molecule has 1 aliphatic heterocycles. The Balaban J connectivity index is 2.36. The number of nitrogens with two attached hydrogens (primary N) is 1. The van der Waals surface area contributed by atoms with Crippen molar-refractivity contribution in [2.45, 2.75) is 19.8 Å². The molecule has 0 bridgehead atoms. The molecule has 1 heterocycles. The lowest BCUT2D eigenvalue weighted by atomic mass is 10.2. The highest BCUT2D eigenvalue weighted by Gasteiger charge is 2.24. The topological polar surface area (TPSA) is 55.6 Å². The molecule has 1 fully saturated rings. The SMILES string of the molecule is CCOc1ccc(N)cc1N1CCCC1=O.